The van der Waals surface area contributed by atoms with E-state index in [1.54, 1.807) is 32.0 Å². The molecule has 25 heavy (non-hydrogen) atoms. The third-order valence-corrected chi connectivity index (χ3v) is 4.43. The summed E-state index contributed by atoms with van der Waals surface area (Å²) in [5, 5.41) is 8.13. The summed E-state index contributed by atoms with van der Waals surface area (Å²) in [7, 11) is 1.70. The Bertz CT molecular complexity index is 880. The molecule has 1 N–H and O–H groups in total. The summed E-state index contributed by atoms with van der Waals surface area (Å²) < 4.78 is 8.94. The number of aromatic nitrogens is 4. The number of aryl methyl sites for hydroxylation is 1. The van der Waals surface area contributed by atoms with Gasteiger partial charge < -0.3 is 14.6 Å². The molecular formula is C18H23N5O2. The maximum Gasteiger partial charge on any atom is 0.251 e. The SMILES string of the molecule is COCCn1c(C)cc2cc(NC(=O)C(C)(C)n3cncn3)ccc21. The first kappa shape index (κ1) is 17.2. The van der Waals surface area contributed by atoms with Crippen LogP contribution in [0.3, 0.4) is 0 Å². The zero-order chi connectivity index (χ0) is 18.0. The number of anilines is 1. The average Bonchev–Trinajstić information content (AvgIpc) is 3.20. The van der Waals surface area contributed by atoms with Gasteiger partial charge in [-0.25, -0.2) is 9.67 Å². The molecule has 1 amide bonds. The van der Waals surface area contributed by atoms with Crippen LogP contribution >= 0.6 is 0 Å². The normalized spacial score (nSPS) is 11.8. The first-order valence-corrected chi connectivity index (χ1v) is 8.19. The van der Waals surface area contributed by atoms with Crippen LogP contribution in [0.5, 0.6) is 0 Å². The number of amides is 1. The number of fused-ring (bicyclic) bond motifs is 1. The number of hydrogen-bond acceptors (Lipinski definition) is 4. The lowest BCUT2D eigenvalue weighted by atomic mass is 10.0. The smallest absolute Gasteiger partial charge is 0.251 e. The molecule has 3 aromatic rings. The lowest BCUT2D eigenvalue weighted by molar-refractivity contribution is -0.123. The van der Waals surface area contributed by atoms with Crippen molar-refractivity contribution in [2.24, 2.45) is 0 Å². The lowest BCUT2D eigenvalue weighted by Crippen LogP contribution is -2.40. The van der Waals surface area contributed by atoms with E-state index in [9.17, 15) is 4.79 Å². The van der Waals surface area contributed by atoms with Gasteiger partial charge in [0, 0.05) is 35.9 Å². The van der Waals surface area contributed by atoms with Gasteiger partial charge in [-0.2, -0.15) is 5.10 Å². The molecule has 7 nitrogen and oxygen atoms in total. The lowest BCUT2D eigenvalue weighted by Gasteiger charge is -2.23. The van der Waals surface area contributed by atoms with E-state index in [0.29, 0.717) is 6.61 Å². The number of methoxy groups -OCH3 is 1. The molecule has 132 valence electrons. The van der Waals surface area contributed by atoms with E-state index in [1.807, 2.05) is 18.2 Å². The molecule has 0 aliphatic heterocycles. The van der Waals surface area contributed by atoms with Gasteiger partial charge >= 0.3 is 0 Å². The van der Waals surface area contributed by atoms with E-state index in [4.69, 9.17) is 4.74 Å². The van der Waals surface area contributed by atoms with Crippen molar-refractivity contribution in [3.63, 3.8) is 0 Å². The Morgan fingerprint density at radius 3 is 2.80 bits per heavy atom. The van der Waals surface area contributed by atoms with Crippen molar-refractivity contribution < 1.29 is 9.53 Å². The summed E-state index contributed by atoms with van der Waals surface area (Å²) in [6.07, 6.45) is 2.97. The molecule has 0 aliphatic carbocycles. The van der Waals surface area contributed by atoms with Crippen molar-refractivity contribution >= 4 is 22.5 Å². The quantitative estimate of drug-likeness (QED) is 0.748. The maximum absolute atomic E-state index is 12.7. The molecule has 7 heteroatoms. The molecule has 0 atom stereocenters. The Balaban J connectivity index is 1.84. The van der Waals surface area contributed by atoms with Crippen LogP contribution in [0.4, 0.5) is 5.69 Å². The van der Waals surface area contributed by atoms with Gasteiger partial charge in [-0.3, -0.25) is 4.79 Å². The van der Waals surface area contributed by atoms with Crippen molar-refractivity contribution in [2.45, 2.75) is 32.9 Å². The molecule has 1 aromatic carbocycles. The number of ether oxygens (including phenoxy) is 1. The second-order valence-electron chi connectivity index (χ2n) is 6.56. The van der Waals surface area contributed by atoms with Crippen LogP contribution < -0.4 is 5.32 Å². The van der Waals surface area contributed by atoms with Gasteiger partial charge in [-0.05, 0) is 45.0 Å². The van der Waals surface area contributed by atoms with Crippen LogP contribution in [0.2, 0.25) is 0 Å². The standard InChI is InChI=1S/C18H23N5O2/c1-13-9-14-10-15(5-6-16(14)22(13)7-8-25-4)21-17(24)18(2,3)23-12-19-11-20-23/h5-6,9-12H,7-8H2,1-4H3,(H,21,24). The molecule has 0 bridgehead atoms. The highest BCUT2D eigenvalue weighted by molar-refractivity contribution is 5.98. The van der Waals surface area contributed by atoms with Crippen LogP contribution in [0.1, 0.15) is 19.5 Å². The van der Waals surface area contributed by atoms with Crippen LogP contribution in [0, 0.1) is 6.92 Å². The Morgan fingerprint density at radius 1 is 1.32 bits per heavy atom. The predicted octanol–water partition coefficient (Wildman–Crippen LogP) is 2.56. The number of nitrogens with one attached hydrogen (secondary N) is 1. The third kappa shape index (κ3) is 3.28. The van der Waals surface area contributed by atoms with Crippen molar-refractivity contribution in [1.82, 2.24) is 19.3 Å². The molecule has 0 fully saturated rings. The number of carbonyl (C=O) groups excluding carboxylic acids is 1. The molecule has 0 unspecified atom stereocenters. The fourth-order valence-corrected chi connectivity index (χ4v) is 2.85. The van der Waals surface area contributed by atoms with Crippen molar-refractivity contribution in [2.75, 3.05) is 19.0 Å². The largest absolute Gasteiger partial charge is 0.383 e. The fraction of sp³-hybridized carbons (Fsp3) is 0.389. The van der Waals surface area contributed by atoms with Crippen LogP contribution in [-0.2, 0) is 21.6 Å². The van der Waals surface area contributed by atoms with Gasteiger partial charge in [0.15, 0.2) is 0 Å². The summed E-state index contributed by atoms with van der Waals surface area (Å²) in [5.74, 6) is -0.145. The molecule has 0 spiro atoms. The number of benzene rings is 1. The van der Waals surface area contributed by atoms with Crippen molar-refractivity contribution in [3.05, 3.63) is 42.6 Å². The average molecular weight is 341 g/mol. The Hall–Kier alpha value is -2.67. The van der Waals surface area contributed by atoms with Gasteiger partial charge in [0.2, 0.25) is 0 Å². The molecule has 2 aromatic heterocycles. The molecule has 3 rings (SSSR count). The molecular weight excluding hydrogens is 318 g/mol. The van der Waals surface area contributed by atoms with E-state index in [-0.39, 0.29) is 5.91 Å². The van der Waals surface area contributed by atoms with E-state index in [2.05, 4.69) is 33.0 Å². The predicted molar refractivity (Wildman–Crippen MR) is 96.5 cm³/mol. The van der Waals surface area contributed by atoms with Gasteiger partial charge in [-0.1, -0.05) is 0 Å². The summed E-state index contributed by atoms with van der Waals surface area (Å²) in [6.45, 7) is 7.15. The Morgan fingerprint density at radius 2 is 2.12 bits per heavy atom. The number of carbonyl (C=O) groups is 1. The fourth-order valence-electron chi connectivity index (χ4n) is 2.85. The zero-order valence-electron chi connectivity index (χ0n) is 15.0. The van der Waals surface area contributed by atoms with E-state index in [0.717, 1.165) is 23.1 Å². The van der Waals surface area contributed by atoms with E-state index >= 15 is 0 Å². The molecule has 2 heterocycles. The Labute approximate surface area is 146 Å². The van der Waals surface area contributed by atoms with Gasteiger partial charge in [0.1, 0.15) is 18.2 Å². The number of nitrogens with zero attached hydrogens (tertiary/aromatic N) is 4. The summed E-state index contributed by atoms with van der Waals surface area (Å²) >= 11 is 0. The third-order valence-electron chi connectivity index (χ3n) is 4.43. The zero-order valence-corrected chi connectivity index (χ0v) is 15.0. The summed E-state index contributed by atoms with van der Waals surface area (Å²) in [6, 6.07) is 8.04. The number of hydrogen-bond donors (Lipinski definition) is 1. The highest BCUT2D eigenvalue weighted by Gasteiger charge is 2.30. The summed E-state index contributed by atoms with van der Waals surface area (Å²) in [4.78, 5) is 16.6. The minimum absolute atomic E-state index is 0.145. The molecule has 0 saturated heterocycles. The van der Waals surface area contributed by atoms with Crippen LogP contribution in [-0.4, -0.2) is 39.0 Å². The highest BCUT2D eigenvalue weighted by atomic mass is 16.5. The molecule has 0 radical (unpaired) electrons. The molecule has 0 saturated carbocycles. The van der Waals surface area contributed by atoms with Gasteiger partial charge in [-0.15, -0.1) is 0 Å². The first-order chi connectivity index (χ1) is 11.9. The van der Waals surface area contributed by atoms with Gasteiger partial charge in [0.05, 0.1) is 6.61 Å². The monoisotopic (exact) mass is 341 g/mol. The van der Waals surface area contributed by atoms with Crippen LogP contribution in [0.15, 0.2) is 36.9 Å². The second-order valence-corrected chi connectivity index (χ2v) is 6.56. The first-order valence-electron chi connectivity index (χ1n) is 8.19. The van der Waals surface area contributed by atoms with Gasteiger partial charge in [0.25, 0.3) is 5.91 Å². The minimum Gasteiger partial charge on any atom is -0.383 e. The highest BCUT2D eigenvalue weighted by Crippen LogP contribution is 2.24. The summed E-state index contributed by atoms with van der Waals surface area (Å²) in [5.41, 5.74) is 2.22. The van der Waals surface area contributed by atoms with Crippen molar-refractivity contribution in [1.29, 1.82) is 0 Å². The maximum atomic E-state index is 12.7. The molecule has 0 aliphatic rings. The second kappa shape index (κ2) is 6.68. The van der Waals surface area contributed by atoms with E-state index in [1.165, 1.54) is 12.0 Å². The minimum atomic E-state index is -0.828. The topological polar surface area (TPSA) is 74.0 Å². The van der Waals surface area contributed by atoms with Crippen LogP contribution in [0.25, 0.3) is 10.9 Å². The van der Waals surface area contributed by atoms with E-state index < -0.39 is 5.54 Å². The van der Waals surface area contributed by atoms with Crippen molar-refractivity contribution in [3.8, 4) is 0 Å². The number of rotatable bonds is 6. The Kier molecular flexibility index (Phi) is 4.59.